The van der Waals surface area contributed by atoms with Crippen molar-refractivity contribution in [3.8, 4) is 0 Å². The van der Waals surface area contributed by atoms with E-state index < -0.39 is 28.4 Å². The Hall–Kier alpha value is -1.19. The van der Waals surface area contributed by atoms with E-state index in [0.29, 0.717) is 0 Å². The molecule has 0 aliphatic rings. The summed E-state index contributed by atoms with van der Waals surface area (Å²) in [5, 5.41) is 0. The third-order valence-electron chi connectivity index (χ3n) is 3.85. The third kappa shape index (κ3) is 6.84. The molecule has 0 amide bonds. The van der Waals surface area contributed by atoms with E-state index in [1.54, 1.807) is 0 Å². The van der Waals surface area contributed by atoms with E-state index in [1.165, 1.54) is 12.2 Å². The first kappa shape index (κ1) is 21.8. The minimum atomic E-state index is -2.08. The minimum absolute atomic E-state index is 0.160. The van der Waals surface area contributed by atoms with Crippen LogP contribution < -0.4 is 4.65 Å². The van der Waals surface area contributed by atoms with Crippen LogP contribution in [0.3, 0.4) is 0 Å². The predicted octanol–water partition coefficient (Wildman–Crippen LogP) is 3.08. The Labute approximate surface area is 142 Å². The van der Waals surface area contributed by atoms with Gasteiger partial charge in [-0.05, 0) is 12.8 Å². The molecule has 2 unspecified atom stereocenters. The first-order valence-electron chi connectivity index (χ1n) is 7.99. The molecule has 1 N–H and O–H groups in total. The summed E-state index contributed by atoms with van der Waals surface area (Å²) in [5.41, 5.74) is -0.320. The summed E-state index contributed by atoms with van der Waals surface area (Å²) in [6.45, 7) is 19.4. The monoisotopic (exact) mass is 357 g/mol. The van der Waals surface area contributed by atoms with Gasteiger partial charge in [0.05, 0.1) is 0 Å². The lowest BCUT2D eigenvalue weighted by Crippen LogP contribution is -2.69. The molecule has 0 aliphatic heterocycles. The standard InChI is InChI=1S/C16H31NO4Si2/c1-9-13(18)20-15(11-3)22(5,6)17-23(7,8)16(12-4)21-14(19)10-2/h9-10,15-17H,1-2,11-12H2,3-8H3. The van der Waals surface area contributed by atoms with E-state index in [0.717, 1.165) is 12.8 Å². The van der Waals surface area contributed by atoms with E-state index >= 15 is 0 Å². The van der Waals surface area contributed by atoms with Crippen LogP contribution in [0.1, 0.15) is 26.7 Å². The van der Waals surface area contributed by atoms with Crippen molar-refractivity contribution >= 4 is 28.4 Å². The molecule has 0 aliphatic carbocycles. The molecule has 0 spiro atoms. The summed E-state index contributed by atoms with van der Waals surface area (Å²) >= 11 is 0. The molecule has 0 saturated heterocycles. The van der Waals surface area contributed by atoms with Gasteiger partial charge in [-0.15, -0.1) is 0 Å². The van der Waals surface area contributed by atoms with Gasteiger partial charge in [0.15, 0.2) is 16.5 Å². The van der Waals surface area contributed by atoms with Crippen LogP contribution in [0, 0.1) is 0 Å². The van der Waals surface area contributed by atoms with Gasteiger partial charge in [0, 0.05) is 12.2 Å². The SMILES string of the molecule is C=CC(=O)OC(CC)[Si](C)(C)N[Si](C)(C)C(CC)OC(=O)C=C. The van der Waals surface area contributed by atoms with Gasteiger partial charge in [0.25, 0.3) is 0 Å². The van der Waals surface area contributed by atoms with Crippen LogP contribution in [-0.2, 0) is 19.1 Å². The maximum Gasteiger partial charge on any atom is 0.330 e. The van der Waals surface area contributed by atoms with E-state index in [-0.39, 0.29) is 11.5 Å². The molecule has 23 heavy (non-hydrogen) atoms. The zero-order valence-corrected chi connectivity index (χ0v) is 17.3. The first-order valence-corrected chi connectivity index (χ1v) is 14.1. The van der Waals surface area contributed by atoms with Crippen LogP contribution in [0.25, 0.3) is 0 Å². The Kier molecular flexibility index (Phi) is 8.72. The average molecular weight is 358 g/mol. The topological polar surface area (TPSA) is 64.6 Å². The van der Waals surface area contributed by atoms with Gasteiger partial charge in [0.1, 0.15) is 11.5 Å². The molecule has 0 rings (SSSR count). The van der Waals surface area contributed by atoms with Crippen LogP contribution in [0.15, 0.2) is 25.3 Å². The summed E-state index contributed by atoms with van der Waals surface area (Å²) in [6.07, 6.45) is 3.85. The largest absolute Gasteiger partial charge is 0.461 e. The number of esters is 2. The summed E-state index contributed by atoms with van der Waals surface area (Å²) in [4.78, 5) is 23.1. The lowest BCUT2D eigenvalue weighted by molar-refractivity contribution is -0.140. The minimum Gasteiger partial charge on any atom is -0.461 e. The lowest BCUT2D eigenvalue weighted by atomic mass is 10.5. The number of nitrogens with one attached hydrogen (secondary N) is 1. The fourth-order valence-corrected chi connectivity index (χ4v) is 13.6. The Morgan fingerprint density at radius 2 is 1.22 bits per heavy atom. The molecular formula is C16H31NO4Si2. The fourth-order valence-electron chi connectivity index (χ4n) is 2.85. The molecule has 132 valence electrons. The van der Waals surface area contributed by atoms with Crippen molar-refractivity contribution in [3.05, 3.63) is 25.3 Å². The summed E-state index contributed by atoms with van der Waals surface area (Å²) in [7, 11) is -4.17. The molecule has 0 heterocycles. The zero-order valence-electron chi connectivity index (χ0n) is 15.3. The van der Waals surface area contributed by atoms with Crippen molar-refractivity contribution < 1.29 is 19.1 Å². The summed E-state index contributed by atoms with van der Waals surface area (Å²) in [5.74, 6) is -0.798. The molecule has 7 heteroatoms. The van der Waals surface area contributed by atoms with Crippen LogP contribution in [0.5, 0.6) is 0 Å². The molecule has 2 atom stereocenters. The molecule has 0 radical (unpaired) electrons. The smallest absolute Gasteiger partial charge is 0.330 e. The second-order valence-electron chi connectivity index (χ2n) is 6.64. The molecule has 5 nitrogen and oxygen atoms in total. The highest BCUT2D eigenvalue weighted by Crippen LogP contribution is 2.20. The number of carbonyl (C=O) groups excluding carboxylic acids is 2. The second kappa shape index (κ2) is 9.19. The summed E-state index contributed by atoms with van der Waals surface area (Å²) in [6, 6.07) is 0. The molecule has 0 fully saturated rings. The molecule has 0 aromatic carbocycles. The fraction of sp³-hybridized carbons (Fsp3) is 0.625. The quantitative estimate of drug-likeness (QED) is 0.370. The summed E-state index contributed by atoms with van der Waals surface area (Å²) < 4.78 is 14.8. The van der Waals surface area contributed by atoms with Gasteiger partial charge in [0.2, 0.25) is 0 Å². The van der Waals surface area contributed by atoms with Crippen LogP contribution in [0.2, 0.25) is 26.2 Å². The van der Waals surface area contributed by atoms with Gasteiger partial charge in [-0.2, -0.15) is 0 Å². The van der Waals surface area contributed by atoms with E-state index in [1.807, 2.05) is 13.8 Å². The van der Waals surface area contributed by atoms with E-state index in [2.05, 4.69) is 44.0 Å². The average Bonchev–Trinajstić information content (AvgIpc) is 2.47. The van der Waals surface area contributed by atoms with E-state index in [4.69, 9.17) is 9.47 Å². The predicted molar refractivity (Wildman–Crippen MR) is 98.8 cm³/mol. The Morgan fingerprint density at radius 3 is 1.43 bits per heavy atom. The Balaban J connectivity index is 5.19. The van der Waals surface area contributed by atoms with Gasteiger partial charge < -0.3 is 14.1 Å². The number of rotatable bonds is 10. The highest BCUT2D eigenvalue weighted by molar-refractivity contribution is 6.92. The van der Waals surface area contributed by atoms with Crippen molar-refractivity contribution in [1.82, 2.24) is 4.65 Å². The molecule has 0 aromatic rings. The van der Waals surface area contributed by atoms with Crippen molar-refractivity contribution in [2.75, 3.05) is 0 Å². The van der Waals surface area contributed by atoms with E-state index in [9.17, 15) is 9.59 Å². The maximum absolute atomic E-state index is 11.6. The molecule has 0 aromatic heterocycles. The number of carbonyl (C=O) groups is 2. The molecule has 0 bridgehead atoms. The zero-order chi connectivity index (χ0) is 18.3. The van der Waals surface area contributed by atoms with Gasteiger partial charge >= 0.3 is 11.9 Å². The maximum atomic E-state index is 11.6. The van der Waals surface area contributed by atoms with Crippen molar-refractivity contribution in [1.29, 1.82) is 0 Å². The highest BCUT2D eigenvalue weighted by Gasteiger charge is 2.43. The van der Waals surface area contributed by atoms with Gasteiger partial charge in [-0.3, -0.25) is 0 Å². The van der Waals surface area contributed by atoms with Crippen LogP contribution in [-0.4, -0.2) is 39.9 Å². The van der Waals surface area contributed by atoms with Gasteiger partial charge in [-0.1, -0.05) is 53.2 Å². The Bertz CT molecular complexity index is 409. The lowest BCUT2D eigenvalue weighted by Gasteiger charge is -2.41. The second-order valence-corrected chi connectivity index (χ2v) is 15.8. The third-order valence-corrected chi connectivity index (χ3v) is 13.3. The van der Waals surface area contributed by atoms with Crippen LogP contribution >= 0.6 is 0 Å². The number of hydrogen-bond donors (Lipinski definition) is 1. The first-order chi connectivity index (χ1) is 10.5. The number of hydrogen-bond acceptors (Lipinski definition) is 5. The van der Waals surface area contributed by atoms with Crippen molar-refractivity contribution in [2.24, 2.45) is 0 Å². The molecule has 0 saturated carbocycles. The molecular weight excluding hydrogens is 326 g/mol. The van der Waals surface area contributed by atoms with Crippen LogP contribution in [0.4, 0.5) is 0 Å². The van der Waals surface area contributed by atoms with Gasteiger partial charge in [-0.25, -0.2) is 9.59 Å². The Morgan fingerprint density at radius 1 is 0.913 bits per heavy atom. The van der Waals surface area contributed by atoms with Crippen molar-refractivity contribution in [2.45, 2.75) is 64.3 Å². The number of ether oxygens (including phenoxy) is 2. The van der Waals surface area contributed by atoms with Crippen molar-refractivity contribution in [3.63, 3.8) is 0 Å². The normalized spacial score (nSPS) is 14.5. The highest BCUT2D eigenvalue weighted by atomic mass is 28.4.